The fourth-order valence-electron chi connectivity index (χ4n) is 2.43. The second-order valence-corrected chi connectivity index (χ2v) is 5.63. The SMILES string of the molecule is CN(C)Cc1cccc(CNC(=O)[C@@H]2C[C@@H](O)CN2)c1. The molecule has 0 unspecified atom stereocenters. The lowest BCUT2D eigenvalue weighted by atomic mass is 10.1. The molecule has 0 aromatic heterocycles. The smallest absolute Gasteiger partial charge is 0.237 e. The minimum absolute atomic E-state index is 0.0421. The van der Waals surface area contributed by atoms with Crippen LogP contribution in [0.3, 0.4) is 0 Å². The second-order valence-electron chi connectivity index (χ2n) is 5.63. The summed E-state index contributed by atoms with van der Waals surface area (Å²) in [4.78, 5) is 14.0. The molecule has 20 heavy (non-hydrogen) atoms. The average molecular weight is 277 g/mol. The predicted octanol–water partition coefficient (Wildman–Crippen LogP) is 0.0872. The highest BCUT2D eigenvalue weighted by Gasteiger charge is 2.27. The maximum absolute atomic E-state index is 11.9. The van der Waals surface area contributed by atoms with Crippen molar-refractivity contribution >= 4 is 5.91 Å². The van der Waals surface area contributed by atoms with Crippen LogP contribution < -0.4 is 10.6 Å². The summed E-state index contributed by atoms with van der Waals surface area (Å²) in [6.45, 7) is 1.91. The fourth-order valence-corrected chi connectivity index (χ4v) is 2.43. The summed E-state index contributed by atoms with van der Waals surface area (Å²) in [6.07, 6.45) is 0.0844. The van der Waals surface area contributed by atoms with Crippen LogP contribution in [0.5, 0.6) is 0 Å². The summed E-state index contributed by atoms with van der Waals surface area (Å²) in [6, 6.07) is 7.95. The van der Waals surface area contributed by atoms with Gasteiger partial charge in [-0.15, -0.1) is 0 Å². The summed E-state index contributed by atoms with van der Waals surface area (Å²) in [5.74, 6) is -0.0421. The van der Waals surface area contributed by atoms with Gasteiger partial charge in [0.15, 0.2) is 0 Å². The van der Waals surface area contributed by atoms with Crippen molar-refractivity contribution in [2.75, 3.05) is 20.6 Å². The summed E-state index contributed by atoms with van der Waals surface area (Å²) >= 11 is 0. The molecule has 0 saturated carbocycles. The molecule has 1 aromatic rings. The molecule has 1 fully saturated rings. The molecule has 1 saturated heterocycles. The van der Waals surface area contributed by atoms with Crippen LogP contribution in [0.2, 0.25) is 0 Å². The molecule has 0 spiro atoms. The van der Waals surface area contributed by atoms with E-state index in [-0.39, 0.29) is 11.9 Å². The highest BCUT2D eigenvalue weighted by molar-refractivity contribution is 5.82. The Balaban J connectivity index is 1.85. The van der Waals surface area contributed by atoms with Crippen LogP contribution in [-0.2, 0) is 17.9 Å². The molecule has 1 aromatic carbocycles. The van der Waals surface area contributed by atoms with Crippen molar-refractivity contribution in [3.63, 3.8) is 0 Å². The zero-order chi connectivity index (χ0) is 14.5. The maximum atomic E-state index is 11.9. The van der Waals surface area contributed by atoms with E-state index >= 15 is 0 Å². The Labute approximate surface area is 120 Å². The normalized spacial score (nSPS) is 22.2. The molecule has 0 radical (unpaired) electrons. The molecule has 1 amide bonds. The standard InChI is InChI=1S/C15H23N3O2/c1-18(2)10-12-5-3-4-11(6-12)8-17-15(20)14-7-13(19)9-16-14/h3-6,13-14,16,19H,7-10H2,1-2H3,(H,17,20)/t13-,14+/m1/s1. The molecule has 1 heterocycles. The first-order chi connectivity index (χ1) is 9.54. The Morgan fingerprint density at radius 3 is 2.85 bits per heavy atom. The maximum Gasteiger partial charge on any atom is 0.237 e. The highest BCUT2D eigenvalue weighted by atomic mass is 16.3. The van der Waals surface area contributed by atoms with Crippen molar-refractivity contribution < 1.29 is 9.90 Å². The summed E-state index contributed by atoms with van der Waals surface area (Å²) in [5, 5.41) is 15.3. The second kappa shape index (κ2) is 6.83. The number of hydrogen-bond donors (Lipinski definition) is 3. The number of nitrogens with zero attached hydrogens (tertiary/aromatic N) is 1. The number of β-amino-alcohol motifs (C(OH)–C–C–N with tert-alkyl or cyclic N) is 1. The number of rotatable bonds is 5. The van der Waals surface area contributed by atoms with E-state index in [4.69, 9.17) is 0 Å². The molecule has 2 atom stereocenters. The number of benzene rings is 1. The van der Waals surface area contributed by atoms with Gasteiger partial charge in [0, 0.05) is 19.6 Å². The van der Waals surface area contributed by atoms with Crippen molar-refractivity contribution in [3.05, 3.63) is 35.4 Å². The molecule has 0 bridgehead atoms. The van der Waals surface area contributed by atoms with Gasteiger partial charge in [-0.1, -0.05) is 24.3 Å². The zero-order valence-electron chi connectivity index (χ0n) is 12.1. The zero-order valence-corrected chi connectivity index (χ0v) is 12.1. The molecule has 110 valence electrons. The van der Waals surface area contributed by atoms with Crippen LogP contribution in [0, 0.1) is 0 Å². The lowest BCUT2D eigenvalue weighted by Crippen LogP contribution is -2.40. The van der Waals surface area contributed by atoms with Gasteiger partial charge in [-0.3, -0.25) is 4.79 Å². The van der Waals surface area contributed by atoms with E-state index in [0.717, 1.165) is 12.1 Å². The van der Waals surface area contributed by atoms with Gasteiger partial charge < -0.3 is 20.6 Å². The minimum Gasteiger partial charge on any atom is -0.392 e. The number of carbonyl (C=O) groups is 1. The Morgan fingerprint density at radius 1 is 1.45 bits per heavy atom. The van der Waals surface area contributed by atoms with Crippen LogP contribution in [0.25, 0.3) is 0 Å². The topological polar surface area (TPSA) is 64.6 Å². The van der Waals surface area contributed by atoms with Crippen molar-refractivity contribution in [2.24, 2.45) is 0 Å². The largest absolute Gasteiger partial charge is 0.392 e. The predicted molar refractivity (Wildman–Crippen MR) is 78.1 cm³/mol. The Hall–Kier alpha value is -1.43. The van der Waals surface area contributed by atoms with Crippen LogP contribution in [-0.4, -0.2) is 48.7 Å². The minimum atomic E-state index is -0.408. The molecule has 1 aliphatic rings. The van der Waals surface area contributed by atoms with Gasteiger partial charge in [0.25, 0.3) is 0 Å². The van der Waals surface area contributed by atoms with Crippen molar-refractivity contribution in [1.82, 2.24) is 15.5 Å². The molecule has 2 rings (SSSR count). The third-order valence-corrected chi connectivity index (χ3v) is 3.38. The number of carbonyl (C=O) groups excluding carboxylic acids is 1. The third kappa shape index (κ3) is 4.30. The Bertz CT molecular complexity index is 462. The van der Waals surface area contributed by atoms with Gasteiger partial charge in [0.1, 0.15) is 0 Å². The van der Waals surface area contributed by atoms with E-state index in [9.17, 15) is 9.90 Å². The first kappa shape index (κ1) is 15.0. The monoisotopic (exact) mass is 277 g/mol. The molecule has 3 N–H and O–H groups in total. The van der Waals surface area contributed by atoms with E-state index < -0.39 is 6.10 Å². The molecular formula is C15H23N3O2. The number of amides is 1. The first-order valence-corrected chi connectivity index (χ1v) is 6.96. The van der Waals surface area contributed by atoms with Gasteiger partial charge in [0.2, 0.25) is 5.91 Å². The van der Waals surface area contributed by atoms with Crippen molar-refractivity contribution in [3.8, 4) is 0 Å². The molecular weight excluding hydrogens is 254 g/mol. The lowest BCUT2D eigenvalue weighted by molar-refractivity contribution is -0.123. The summed E-state index contributed by atoms with van der Waals surface area (Å²) in [7, 11) is 4.07. The van der Waals surface area contributed by atoms with E-state index in [1.807, 2.05) is 26.2 Å². The van der Waals surface area contributed by atoms with Crippen LogP contribution in [0.15, 0.2) is 24.3 Å². The number of aliphatic hydroxyl groups is 1. The van der Waals surface area contributed by atoms with Crippen molar-refractivity contribution in [1.29, 1.82) is 0 Å². The number of aliphatic hydroxyl groups excluding tert-OH is 1. The average Bonchev–Trinajstić information content (AvgIpc) is 2.82. The van der Waals surface area contributed by atoms with E-state index in [1.165, 1.54) is 5.56 Å². The Kier molecular flexibility index (Phi) is 5.11. The van der Waals surface area contributed by atoms with Crippen LogP contribution in [0.4, 0.5) is 0 Å². The third-order valence-electron chi connectivity index (χ3n) is 3.38. The first-order valence-electron chi connectivity index (χ1n) is 6.96. The molecule has 0 aliphatic carbocycles. The van der Waals surface area contributed by atoms with E-state index in [2.05, 4.69) is 27.7 Å². The van der Waals surface area contributed by atoms with Gasteiger partial charge >= 0.3 is 0 Å². The summed E-state index contributed by atoms with van der Waals surface area (Å²) < 4.78 is 0. The molecule has 1 aliphatic heterocycles. The van der Waals surface area contributed by atoms with Gasteiger partial charge in [-0.2, -0.15) is 0 Å². The van der Waals surface area contributed by atoms with Gasteiger partial charge in [-0.05, 0) is 31.6 Å². The van der Waals surface area contributed by atoms with Crippen LogP contribution in [0.1, 0.15) is 17.5 Å². The van der Waals surface area contributed by atoms with Crippen LogP contribution >= 0.6 is 0 Å². The number of nitrogens with one attached hydrogen (secondary N) is 2. The van der Waals surface area contributed by atoms with E-state index in [0.29, 0.717) is 19.5 Å². The lowest BCUT2D eigenvalue weighted by Gasteiger charge is -2.13. The summed E-state index contributed by atoms with van der Waals surface area (Å²) in [5.41, 5.74) is 2.33. The quantitative estimate of drug-likeness (QED) is 0.713. The molecule has 5 heteroatoms. The van der Waals surface area contributed by atoms with Crippen molar-refractivity contribution in [2.45, 2.75) is 31.7 Å². The molecule has 5 nitrogen and oxygen atoms in total. The van der Waals surface area contributed by atoms with E-state index in [1.54, 1.807) is 0 Å². The number of hydrogen-bond acceptors (Lipinski definition) is 4. The fraction of sp³-hybridized carbons (Fsp3) is 0.533. The van der Waals surface area contributed by atoms with Gasteiger partial charge in [-0.25, -0.2) is 0 Å². The highest BCUT2D eigenvalue weighted by Crippen LogP contribution is 2.09. The Morgan fingerprint density at radius 2 is 2.20 bits per heavy atom. The van der Waals surface area contributed by atoms with Gasteiger partial charge in [0.05, 0.1) is 12.1 Å².